The minimum atomic E-state index is -3.53. The van der Waals surface area contributed by atoms with E-state index < -0.39 is 16.1 Å². The van der Waals surface area contributed by atoms with Crippen molar-refractivity contribution in [3.63, 3.8) is 0 Å². The van der Waals surface area contributed by atoms with Crippen molar-refractivity contribution < 1.29 is 18.3 Å². The summed E-state index contributed by atoms with van der Waals surface area (Å²) in [6.07, 6.45) is -0.691. The van der Waals surface area contributed by atoms with E-state index in [0.29, 0.717) is 25.3 Å². The van der Waals surface area contributed by atoms with Crippen LogP contribution in [0.4, 0.5) is 0 Å². The van der Waals surface area contributed by atoms with Crippen LogP contribution in [0.25, 0.3) is 0 Å². The molecule has 0 amide bonds. The zero-order chi connectivity index (χ0) is 14.5. The van der Waals surface area contributed by atoms with Gasteiger partial charge in [0.05, 0.1) is 17.6 Å². The first-order chi connectivity index (χ1) is 8.89. The fourth-order valence-electron chi connectivity index (χ4n) is 1.57. The second-order valence-electron chi connectivity index (χ2n) is 4.27. The van der Waals surface area contributed by atoms with Crippen molar-refractivity contribution in [3.05, 3.63) is 29.8 Å². The standard InChI is InChI=1S/C13H21NO4S/c1-4-18-9-8-14(3)19(16,17)13-7-5-6-12(10-13)11(2)15/h5-7,10-11,15H,4,8-9H2,1-3H3. The minimum absolute atomic E-state index is 0.185. The molecule has 0 bridgehead atoms. The molecule has 1 atom stereocenters. The van der Waals surface area contributed by atoms with Crippen molar-refractivity contribution in [1.82, 2.24) is 4.31 Å². The molecule has 0 aliphatic carbocycles. The van der Waals surface area contributed by atoms with Gasteiger partial charge in [-0.2, -0.15) is 4.31 Å². The van der Waals surface area contributed by atoms with Crippen LogP contribution in [-0.4, -0.2) is 44.6 Å². The molecule has 1 aromatic carbocycles. The van der Waals surface area contributed by atoms with Gasteiger partial charge in [-0.25, -0.2) is 8.42 Å². The Labute approximate surface area is 114 Å². The Morgan fingerprint density at radius 1 is 1.42 bits per heavy atom. The van der Waals surface area contributed by atoms with E-state index in [-0.39, 0.29) is 4.90 Å². The van der Waals surface area contributed by atoms with E-state index in [0.717, 1.165) is 0 Å². The van der Waals surface area contributed by atoms with Crippen molar-refractivity contribution in [2.45, 2.75) is 24.8 Å². The maximum absolute atomic E-state index is 12.3. The number of hydrogen-bond acceptors (Lipinski definition) is 4. The number of ether oxygens (including phenoxy) is 1. The highest BCUT2D eigenvalue weighted by Gasteiger charge is 2.21. The molecule has 0 aromatic heterocycles. The van der Waals surface area contributed by atoms with Crippen molar-refractivity contribution in [2.24, 2.45) is 0 Å². The summed E-state index contributed by atoms with van der Waals surface area (Å²) in [6, 6.07) is 6.35. The number of aliphatic hydroxyl groups excluding tert-OH is 1. The van der Waals surface area contributed by atoms with E-state index in [4.69, 9.17) is 4.74 Å². The first-order valence-corrected chi connectivity index (χ1v) is 7.65. The van der Waals surface area contributed by atoms with Crippen LogP contribution in [0.1, 0.15) is 25.5 Å². The van der Waals surface area contributed by atoms with Gasteiger partial charge in [-0.3, -0.25) is 0 Å². The lowest BCUT2D eigenvalue weighted by molar-refractivity contribution is 0.138. The number of sulfonamides is 1. The van der Waals surface area contributed by atoms with Crippen LogP contribution in [-0.2, 0) is 14.8 Å². The molecule has 108 valence electrons. The monoisotopic (exact) mass is 287 g/mol. The van der Waals surface area contributed by atoms with Gasteiger partial charge in [-0.1, -0.05) is 12.1 Å². The number of likely N-dealkylation sites (N-methyl/N-ethyl adjacent to an activating group) is 1. The molecular formula is C13H21NO4S. The van der Waals surface area contributed by atoms with Crippen LogP contribution in [0.3, 0.4) is 0 Å². The van der Waals surface area contributed by atoms with E-state index in [9.17, 15) is 13.5 Å². The first kappa shape index (κ1) is 16.1. The molecule has 1 unspecified atom stereocenters. The molecule has 0 saturated heterocycles. The highest BCUT2D eigenvalue weighted by Crippen LogP contribution is 2.19. The Morgan fingerprint density at radius 3 is 2.68 bits per heavy atom. The molecule has 19 heavy (non-hydrogen) atoms. The summed E-state index contributed by atoms with van der Waals surface area (Å²) in [6.45, 7) is 4.69. The van der Waals surface area contributed by atoms with Crippen LogP contribution in [0.2, 0.25) is 0 Å². The number of aliphatic hydroxyl groups is 1. The lowest BCUT2D eigenvalue weighted by atomic mass is 10.1. The third-order valence-electron chi connectivity index (χ3n) is 2.80. The SMILES string of the molecule is CCOCCN(C)S(=O)(=O)c1cccc(C(C)O)c1. The van der Waals surface area contributed by atoms with Gasteiger partial charge >= 0.3 is 0 Å². The lowest BCUT2D eigenvalue weighted by Crippen LogP contribution is -2.30. The molecule has 0 fully saturated rings. The Bertz CT molecular complexity index is 499. The summed E-state index contributed by atoms with van der Waals surface area (Å²) in [4.78, 5) is 0.185. The molecule has 0 aliphatic heterocycles. The van der Waals surface area contributed by atoms with Gasteiger partial charge in [0.2, 0.25) is 10.0 Å². The van der Waals surface area contributed by atoms with Crippen LogP contribution in [0, 0.1) is 0 Å². The normalized spacial score (nSPS) is 13.7. The van der Waals surface area contributed by atoms with Crippen molar-refractivity contribution in [3.8, 4) is 0 Å². The Balaban J connectivity index is 2.90. The lowest BCUT2D eigenvalue weighted by Gasteiger charge is -2.17. The van der Waals surface area contributed by atoms with E-state index in [2.05, 4.69) is 0 Å². The first-order valence-electron chi connectivity index (χ1n) is 6.21. The fraction of sp³-hybridized carbons (Fsp3) is 0.538. The summed E-state index contributed by atoms with van der Waals surface area (Å²) in [5, 5.41) is 9.50. The largest absolute Gasteiger partial charge is 0.389 e. The Kier molecular flexibility index (Phi) is 5.93. The third-order valence-corrected chi connectivity index (χ3v) is 4.66. The van der Waals surface area contributed by atoms with E-state index in [1.165, 1.54) is 23.5 Å². The maximum atomic E-state index is 12.3. The van der Waals surface area contributed by atoms with Crippen LogP contribution in [0.15, 0.2) is 29.2 Å². The number of rotatable bonds is 7. The average molecular weight is 287 g/mol. The Hall–Kier alpha value is -0.950. The molecule has 1 N–H and O–H groups in total. The number of nitrogens with zero attached hydrogens (tertiary/aromatic N) is 1. The second-order valence-corrected chi connectivity index (χ2v) is 6.32. The summed E-state index contributed by atoms with van der Waals surface area (Å²) in [7, 11) is -2.02. The second kappa shape index (κ2) is 7.00. The summed E-state index contributed by atoms with van der Waals surface area (Å²) in [5.74, 6) is 0. The van der Waals surface area contributed by atoms with E-state index in [1.807, 2.05) is 6.92 Å². The molecule has 0 radical (unpaired) electrons. The van der Waals surface area contributed by atoms with Gasteiger partial charge in [0.15, 0.2) is 0 Å². The van der Waals surface area contributed by atoms with Crippen molar-refractivity contribution in [2.75, 3.05) is 26.8 Å². The zero-order valence-electron chi connectivity index (χ0n) is 11.5. The number of hydrogen-bond donors (Lipinski definition) is 1. The van der Waals surface area contributed by atoms with E-state index >= 15 is 0 Å². The molecule has 5 nitrogen and oxygen atoms in total. The zero-order valence-corrected chi connectivity index (χ0v) is 12.4. The van der Waals surface area contributed by atoms with Crippen LogP contribution in [0.5, 0.6) is 0 Å². The summed E-state index contributed by atoms with van der Waals surface area (Å²) in [5.41, 5.74) is 0.583. The molecule has 0 aliphatic rings. The van der Waals surface area contributed by atoms with Crippen LogP contribution >= 0.6 is 0 Å². The predicted molar refractivity (Wildman–Crippen MR) is 73.4 cm³/mol. The quantitative estimate of drug-likeness (QED) is 0.770. The van der Waals surface area contributed by atoms with Gasteiger partial charge < -0.3 is 9.84 Å². The molecule has 1 rings (SSSR count). The third kappa shape index (κ3) is 4.28. The van der Waals surface area contributed by atoms with Crippen LogP contribution < -0.4 is 0 Å². The van der Waals surface area contributed by atoms with Gasteiger partial charge in [0.25, 0.3) is 0 Å². The van der Waals surface area contributed by atoms with Gasteiger partial charge in [0, 0.05) is 20.2 Å². The molecule has 0 heterocycles. The van der Waals surface area contributed by atoms with Gasteiger partial charge in [-0.05, 0) is 31.5 Å². The van der Waals surface area contributed by atoms with Gasteiger partial charge in [-0.15, -0.1) is 0 Å². The smallest absolute Gasteiger partial charge is 0.242 e. The van der Waals surface area contributed by atoms with Crippen molar-refractivity contribution in [1.29, 1.82) is 0 Å². The predicted octanol–water partition coefficient (Wildman–Crippen LogP) is 1.40. The highest BCUT2D eigenvalue weighted by atomic mass is 32.2. The maximum Gasteiger partial charge on any atom is 0.242 e. The molecule has 6 heteroatoms. The highest BCUT2D eigenvalue weighted by molar-refractivity contribution is 7.89. The average Bonchev–Trinajstić information content (AvgIpc) is 2.39. The Morgan fingerprint density at radius 2 is 2.11 bits per heavy atom. The summed E-state index contributed by atoms with van der Waals surface area (Å²) < 4.78 is 31.0. The number of benzene rings is 1. The van der Waals surface area contributed by atoms with Gasteiger partial charge in [0.1, 0.15) is 0 Å². The van der Waals surface area contributed by atoms with E-state index in [1.54, 1.807) is 19.1 Å². The fourth-order valence-corrected chi connectivity index (χ4v) is 2.78. The topological polar surface area (TPSA) is 66.8 Å². The molecule has 1 aromatic rings. The summed E-state index contributed by atoms with van der Waals surface area (Å²) >= 11 is 0. The molecule has 0 spiro atoms. The minimum Gasteiger partial charge on any atom is -0.389 e. The molecular weight excluding hydrogens is 266 g/mol. The molecule has 0 saturated carbocycles. The van der Waals surface area contributed by atoms with Crippen molar-refractivity contribution >= 4 is 10.0 Å².